The number of nitrogens with one attached hydrogen (secondary N) is 1. The second kappa shape index (κ2) is 6.39. The Hall–Kier alpha value is -3.15. The fourth-order valence-corrected chi connectivity index (χ4v) is 3.13. The van der Waals surface area contributed by atoms with Gasteiger partial charge < -0.3 is 14.7 Å². The van der Waals surface area contributed by atoms with E-state index in [1.807, 2.05) is 42.5 Å². The van der Waals surface area contributed by atoms with E-state index in [2.05, 4.69) is 10.5 Å². The van der Waals surface area contributed by atoms with Crippen molar-refractivity contribution in [3.63, 3.8) is 0 Å². The molecule has 1 N–H and O–H groups in total. The smallest absolute Gasteiger partial charge is 0.230 e. The van der Waals surface area contributed by atoms with Crippen LogP contribution in [-0.2, 0) is 16.0 Å². The van der Waals surface area contributed by atoms with Crippen molar-refractivity contribution in [1.82, 2.24) is 5.16 Å². The van der Waals surface area contributed by atoms with Gasteiger partial charge in [0.1, 0.15) is 5.69 Å². The molecule has 0 spiro atoms. The van der Waals surface area contributed by atoms with E-state index in [1.54, 1.807) is 11.0 Å². The number of hydrogen-bond donors (Lipinski definition) is 1. The molecule has 0 aliphatic carbocycles. The lowest BCUT2D eigenvalue weighted by Gasteiger charge is -2.19. The summed E-state index contributed by atoms with van der Waals surface area (Å²) in [6.07, 6.45) is 1.50. The maximum atomic E-state index is 12.5. The quantitative estimate of drug-likeness (QED) is 0.795. The van der Waals surface area contributed by atoms with Crippen molar-refractivity contribution in [3.8, 4) is 0 Å². The van der Waals surface area contributed by atoms with E-state index in [0.29, 0.717) is 29.9 Å². The number of carbonyl (C=O) groups is 2. The van der Waals surface area contributed by atoms with Gasteiger partial charge in [0.15, 0.2) is 5.58 Å². The zero-order valence-corrected chi connectivity index (χ0v) is 13.6. The second-order valence-corrected chi connectivity index (χ2v) is 6.02. The highest BCUT2D eigenvalue weighted by atomic mass is 16.5. The van der Waals surface area contributed by atoms with Gasteiger partial charge in [-0.05, 0) is 30.7 Å². The Morgan fingerprint density at radius 2 is 1.96 bits per heavy atom. The van der Waals surface area contributed by atoms with Crippen LogP contribution in [0.4, 0.5) is 11.4 Å². The number of nitrogens with zero attached hydrogens (tertiary/aromatic N) is 2. The standard InChI is InChI=1S/C19H17N3O3/c23-18(12-15-13-6-1-4-9-17(13)25-21-15)20-14-7-2-3-8-16(14)22-11-5-10-19(22)24/h1-4,6-9H,5,10-12H2,(H,20,23). The van der Waals surface area contributed by atoms with Crippen LogP contribution >= 0.6 is 0 Å². The van der Waals surface area contributed by atoms with Gasteiger partial charge in [-0.2, -0.15) is 0 Å². The summed E-state index contributed by atoms with van der Waals surface area (Å²) in [4.78, 5) is 26.2. The predicted octanol–water partition coefficient (Wildman–Crippen LogP) is 3.14. The van der Waals surface area contributed by atoms with Crippen molar-refractivity contribution in [3.05, 3.63) is 54.2 Å². The van der Waals surface area contributed by atoms with Crippen LogP contribution in [0.3, 0.4) is 0 Å². The molecule has 126 valence electrons. The molecule has 2 heterocycles. The summed E-state index contributed by atoms with van der Waals surface area (Å²) < 4.78 is 5.24. The third kappa shape index (κ3) is 2.98. The largest absolute Gasteiger partial charge is 0.356 e. The Labute approximate surface area is 144 Å². The summed E-state index contributed by atoms with van der Waals surface area (Å²) >= 11 is 0. The first kappa shape index (κ1) is 15.4. The molecule has 2 amide bonds. The van der Waals surface area contributed by atoms with Gasteiger partial charge in [-0.3, -0.25) is 9.59 Å². The van der Waals surface area contributed by atoms with Gasteiger partial charge in [0.25, 0.3) is 0 Å². The number of benzene rings is 2. The lowest BCUT2D eigenvalue weighted by atomic mass is 10.1. The normalized spacial score (nSPS) is 14.2. The van der Waals surface area contributed by atoms with Gasteiger partial charge in [0.2, 0.25) is 11.8 Å². The van der Waals surface area contributed by atoms with Crippen molar-refractivity contribution in [2.45, 2.75) is 19.3 Å². The highest BCUT2D eigenvalue weighted by Crippen LogP contribution is 2.29. The molecule has 0 unspecified atom stereocenters. The fraction of sp³-hybridized carbons (Fsp3) is 0.211. The Bertz CT molecular complexity index is 948. The second-order valence-electron chi connectivity index (χ2n) is 6.02. The van der Waals surface area contributed by atoms with Gasteiger partial charge >= 0.3 is 0 Å². The van der Waals surface area contributed by atoms with E-state index in [-0.39, 0.29) is 18.2 Å². The first-order chi connectivity index (χ1) is 12.2. The van der Waals surface area contributed by atoms with E-state index >= 15 is 0 Å². The molecule has 1 saturated heterocycles. The van der Waals surface area contributed by atoms with Crippen LogP contribution in [-0.4, -0.2) is 23.5 Å². The zero-order chi connectivity index (χ0) is 17.2. The van der Waals surface area contributed by atoms with Crippen LogP contribution in [0.15, 0.2) is 53.1 Å². The molecular weight excluding hydrogens is 318 g/mol. The number of aromatic nitrogens is 1. The van der Waals surface area contributed by atoms with Crippen molar-refractivity contribution >= 4 is 34.2 Å². The minimum atomic E-state index is -0.196. The molecule has 1 aliphatic heterocycles. The average Bonchev–Trinajstić information content (AvgIpc) is 3.22. The van der Waals surface area contributed by atoms with E-state index < -0.39 is 0 Å². The van der Waals surface area contributed by atoms with Crippen molar-refractivity contribution in [1.29, 1.82) is 0 Å². The lowest BCUT2D eigenvalue weighted by molar-refractivity contribution is -0.117. The summed E-state index contributed by atoms with van der Waals surface area (Å²) in [5, 5.41) is 7.72. The number of hydrogen-bond acceptors (Lipinski definition) is 4. The summed E-state index contributed by atoms with van der Waals surface area (Å²) in [7, 11) is 0. The maximum absolute atomic E-state index is 12.5. The number of amides is 2. The van der Waals surface area contributed by atoms with Gasteiger partial charge in [-0.25, -0.2) is 0 Å². The maximum Gasteiger partial charge on any atom is 0.230 e. The van der Waals surface area contributed by atoms with E-state index in [4.69, 9.17) is 4.52 Å². The molecule has 2 aromatic carbocycles. The van der Waals surface area contributed by atoms with Gasteiger partial charge in [-0.15, -0.1) is 0 Å². The first-order valence-corrected chi connectivity index (χ1v) is 8.25. The molecule has 25 heavy (non-hydrogen) atoms. The number of rotatable bonds is 4. The predicted molar refractivity (Wildman–Crippen MR) is 94.4 cm³/mol. The molecule has 6 heteroatoms. The Morgan fingerprint density at radius 3 is 2.80 bits per heavy atom. The van der Waals surface area contributed by atoms with E-state index in [9.17, 15) is 9.59 Å². The highest BCUT2D eigenvalue weighted by molar-refractivity contribution is 6.02. The number of anilines is 2. The molecule has 0 atom stereocenters. The Morgan fingerprint density at radius 1 is 1.16 bits per heavy atom. The minimum Gasteiger partial charge on any atom is -0.356 e. The van der Waals surface area contributed by atoms with Crippen LogP contribution in [0.2, 0.25) is 0 Å². The van der Waals surface area contributed by atoms with Crippen LogP contribution in [0.5, 0.6) is 0 Å². The van der Waals surface area contributed by atoms with Gasteiger partial charge in [0, 0.05) is 18.4 Å². The molecule has 6 nitrogen and oxygen atoms in total. The SMILES string of the molecule is O=C(Cc1noc2ccccc12)Nc1ccccc1N1CCCC1=O. The molecule has 0 bridgehead atoms. The molecule has 1 aliphatic rings. The lowest BCUT2D eigenvalue weighted by Crippen LogP contribution is -2.26. The van der Waals surface area contributed by atoms with Crippen molar-refractivity contribution in [2.75, 3.05) is 16.8 Å². The van der Waals surface area contributed by atoms with Crippen LogP contribution in [0.25, 0.3) is 11.0 Å². The molecule has 1 fully saturated rings. The monoisotopic (exact) mass is 335 g/mol. The van der Waals surface area contributed by atoms with Gasteiger partial charge in [0.05, 0.1) is 17.8 Å². The molecular formula is C19H17N3O3. The summed E-state index contributed by atoms with van der Waals surface area (Å²) in [5.74, 6) is -0.109. The third-order valence-corrected chi connectivity index (χ3v) is 4.32. The summed E-state index contributed by atoms with van der Waals surface area (Å²) in [6.45, 7) is 0.680. The number of carbonyl (C=O) groups excluding carboxylic acids is 2. The van der Waals surface area contributed by atoms with E-state index in [1.165, 1.54) is 0 Å². The number of para-hydroxylation sites is 3. The van der Waals surface area contributed by atoms with E-state index in [0.717, 1.165) is 17.5 Å². The number of fused-ring (bicyclic) bond motifs is 1. The highest BCUT2D eigenvalue weighted by Gasteiger charge is 2.24. The average molecular weight is 335 g/mol. The van der Waals surface area contributed by atoms with Crippen LogP contribution in [0, 0.1) is 0 Å². The summed E-state index contributed by atoms with van der Waals surface area (Å²) in [5.41, 5.74) is 2.63. The molecule has 3 aromatic rings. The zero-order valence-electron chi connectivity index (χ0n) is 13.6. The third-order valence-electron chi connectivity index (χ3n) is 4.32. The molecule has 1 aromatic heterocycles. The fourth-order valence-electron chi connectivity index (χ4n) is 3.13. The molecule has 4 rings (SSSR count). The van der Waals surface area contributed by atoms with Crippen molar-refractivity contribution < 1.29 is 14.1 Å². The van der Waals surface area contributed by atoms with Crippen LogP contribution in [0.1, 0.15) is 18.5 Å². The van der Waals surface area contributed by atoms with Crippen molar-refractivity contribution in [2.24, 2.45) is 0 Å². The topological polar surface area (TPSA) is 75.4 Å². The van der Waals surface area contributed by atoms with Gasteiger partial charge in [-0.1, -0.05) is 29.4 Å². The molecule has 0 radical (unpaired) electrons. The molecule has 0 saturated carbocycles. The first-order valence-electron chi connectivity index (χ1n) is 8.25. The Balaban J connectivity index is 1.54. The van der Waals surface area contributed by atoms with Crippen LogP contribution < -0.4 is 10.2 Å². The Kier molecular flexibility index (Phi) is 3.93. The minimum absolute atomic E-state index is 0.0872. The summed E-state index contributed by atoms with van der Waals surface area (Å²) in [6, 6.07) is 14.8.